The van der Waals surface area contributed by atoms with E-state index in [0.717, 1.165) is 30.5 Å². The number of aromatic nitrogens is 3. The average molecular weight is 463 g/mol. The predicted molar refractivity (Wildman–Crippen MR) is 122 cm³/mol. The molecule has 0 spiro atoms. The van der Waals surface area contributed by atoms with Crippen molar-refractivity contribution in [2.45, 2.75) is 57.2 Å². The number of hydrogen-bond donors (Lipinski definition) is 0. The first-order valence-corrected chi connectivity index (χ1v) is 12.1. The van der Waals surface area contributed by atoms with Gasteiger partial charge in [-0.2, -0.15) is 5.10 Å². The van der Waals surface area contributed by atoms with E-state index in [1.54, 1.807) is 17.5 Å². The van der Waals surface area contributed by atoms with Crippen LogP contribution in [0.4, 0.5) is 4.39 Å². The summed E-state index contributed by atoms with van der Waals surface area (Å²) in [6.45, 7) is 4.59. The number of ether oxygens (including phenoxy) is 1. The lowest BCUT2D eigenvalue weighted by molar-refractivity contribution is -0.145. The van der Waals surface area contributed by atoms with Gasteiger partial charge in [-0.05, 0) is 50.3 Å². The number of halogens is 1. The van der Waals surface area contributed by atoms with Crippen LogP contribution in [0.1, 0.15) is 78.1 Å². The van der Waals surface area contributed by atoms with Crippen molar-refractivity contribution in [3.63, 3.8) is 0 Å². The lowest BCUT2D eigenvalue weighted by atomic mass is 9.93. The van der Waals surface area contributed by atoms with Crippen LogP contribution in [0, 0.1) is 5.92 Å². The Kier molecular flexibility index (Phi) is 4.76. The standard InChI is InChI=1S/C26H27FN4O3/c1-3-34-25(33)19-14-26(19,27)22-13-23-28-20(12-21(17-8-9-17)31(23)29-22)24(32)30-11-10-16-6-4-5-7-18(16)15(30)2/h4-7,12-13,15,17,19H,3,8-11,14H2,1-2H3/t15-,19+,26-/m1/s1. The minimum Gasteiger partial charge on any atom is -0.466 e. The second-order valence-electron chi connectivity index (χ2n) is 9.63. The average Bonchev–Trinajstić information content (AvgIpc) is 3.75. The Morgan fingerprint density at radius 3 is 2.79 bits per heavy atom. The molecule has 3 heterocycles. The fourth-order valence-corrected chi connectivity index (χ4v) is 5.21. The second-order valence-corrected chi connectivity index (χ2v) is 9.63. The number of fused-ring (bicyclic) bond motifs is 2. The van der Waals surface area contributed by atoms with Gasteiger partial charge >= 0.3 is 5.97 Å². The molecule has 1 amide bonds. The maximum Gasteiger partial charge on any atom is 0.312 e. The zero-order valence-corrected chi connectivity index (χ0v) is 19.3. The summed E-state index contributed by atoms with van der Waals surface area (Å²) in [6.07, 6.45) is 2.87. The molecule has 2 aromatic heterocycles. The molecule has 3 atom stereocenters. The minimum absolute atomic E-state index is 0.0498. The number of rotatable bonds is 5. The summed E-state index contributed by atoms with van der Waals surface area (Å²) in [5.41, 5.74) is 2.46. The Labute approximate surface area is 196 Å². The van der Waals surface area contributed by atoms with Crippen molar-refractivity contribution in [3.8, 4) is 0 Å². The van der Waals surface area contributed by atoms with E-state index in [0.29, 0.717) is 17.9 Å². The number of amides is 1. The van der Waals surface area contributed by atoms with E-state index in [1.807, 2.05) is 30.0 Å². The molecule has 0 unspecified atom stereocenters. The molecule has 6 rings (SSSR count). The summed E-state index contributed by atoms with van der Waals surface area (Å²) in [6, 6.07) is 11.6. The Bertz CT molecular complexity index is 1320. The number of alkyl halides is 1. The van der Waals surface area contributed by atoms with Crippen LogP contribution in [0.25, 0.3) is 5.65 Å². The highest BCUT2D eigenvalue weighted by atomic mass is 19.1. The zero-order chi connectivity index (χ0) is 23.6. The molecule has 34 heavy (non-hydrogen) atoms. The number of benzene rings is 1. The third-order valence-electron chi connectivity index (χ3n) is 7.42. The Morgan fingerprint density at radius 1 is 1.24 bits per heavy atom. The van der Waals surface area contributed by atoms with Gasteiger partial charge in [-0.3, -0.25) is 9.59 Å². The quantitative estimate of drug-likeness (QED) is 0.534. The van der Waals surface area contributed by atoms with Crippen molar-refractivity contribution in [3.05, 3.63) is 64.6 Å². The maximum atomic E-state index is 15.5. The molecule has 0 bridgehead atoms. The van der Waals surface area contributed by atoms with Gasteiger partial charge in [0.25, 0.3) is 5.91 Å². The molecule has 1 aliphatic heterocycles. The van der Waals surface area contributed by atoms with E-state index in [2.05, 4.69) is 22.2 Å². The third kappa shape index (κ3) is 3.30. The summed E-state index contributed by atoms with van der Waals surface area (Å²) in [5.74, 6) is -1.22. The lowest BCUT2D eigenvalue weighted by Gasteiger charge is -2.35. The van der Waals surface area contributed by atoms with Gasteiger partial charge in [0.2, 0.25) is 0 Å². The van der Waals surface area contributed by atoms with Gasteiger partial charge < -0.3 is 9.64 Å². The summed E-state index contributed by atoms with van der Waals surface area (Å²) in [5, 5.41) is 4.50. The van der Waals surface area contributed by atoms with Crippen LogP contribution in [0.5, 0.6) is 0 Å². The third-order valence-corrected chi connectivity index (χ3v) is 7.42. The number of esters is 1. The Morgan fingerprint density at radius 2 is 2.03 bits per heavy atom. The topological polar surface area (TPSA) is 76.8 Å². The van der Waals surface area contributed by atoms with Crippen molar-refractivity contribution in [2.75, 3.05) is 13.2 Å². The molecule has 2 saturated carbocycles. The van der Waals surface area contributed by atoms with Gasteiger partial charge in [-0.15, -0.1) is 0 Å². The maximum absolute atomic E-state index is 15.5. The van der Waals surface area contributed by atoms with Crippen LogP contribution < -0.4 is 0 Å². The van der Waals surface area contributed by atoms with E-state index in [-0.39, 0.29) is 36.6 Å². The van der Waals surface area contributed by atoms with Gasteiger partial charge in [-0.1, -0.05) is 24.3 Å². The molecular formula is C26H27FN4O3. The van der Waals surface area contributed by atoms with Gasteiger partial charge in [0, 0.05) is 30.6 Å². The molecule has 8 heteroatoms. The van der Waals surface area contributed by atoms with Crippen molar-refractivity contribution in [1.82, 2.24) is 19.5 Å². The lowest BCUT2D eigenvalue weighted by Crippen LogP contribution is -2.39. The number of nitrogens with zero attached hydrogens (tertiary/aromatic N) is 4. The fraction of sp³-hybridized carbons (Fsp3) is 0.462. The highest BCUT2D eigenvalue weighted by Gasteiger charge is 2.63. The highest BCUT2D eigenvalue weighted by Crippen LogP contribution is 2.56. The van der Waals surface area contributed by atoms with E-state index in [9.17, 15) is 9.59 Å². The monoisotopic (exact) mass is 462 g/mol. The molecule has 1 aromatic carbocycles. The number of carbonyl (C=O) groups is 2. The summed E-state index contributed by atoms with van der Waals surface area (Å²) >= 11 is 0. The molecule has 7 nitrogen and oxygen atoms in total. The van der Waals surface area contributed by atoms with Crippen molar-refractivity contribution < 1.29 is 18.7 Å². The molecule has 0 N–H and O–H groups in total. The number of carbonyl (C=O) groups excluding carboxylic acids is 2. The molecule has 0 radical (unpaired) electrons. The van der Waals surface area contributed by atoms with Crippen molar-refractivity contribution >= 4 is 17.5 Å². The summed E-state index contributed by atoms with van der Waals surface area (Å²) < 4.78 is 22.2. The molecular weight excluding hydrogens is 435 g/mol. The van der Waals surface area contributed by atoms with Gasteiger partial charge in [-0.25, -0.2) is 13.9 Å². The van der Waals surface area contributed by atoms with Crippen molar-refractivity contribution in [2.24, 2.45) is 5.92 Å². The SMILES string of the molecule is CCOC(=O)[C@@H]1C[C@]1(F)c1cc2nc(C(=O)N3CCc4ccccc4[C@H]3C)cc(C3CC3)n2n1. The fourth-order valence-electron chi connectivity index (χ4n) is 5.21. The van der Waals surface area contributed by atoms with Crippen molar-refractivity contribution in [1.29, 1.82) is 0 Å². The molecule has 2 fully saturated rings. The molecule has 2 aliphatic carbocycles. The molecule has 3 aromatic rings. The zero-order valence-electron chi connectivity index (χ0n) is 19.3. The van der Waals surface area contributed by atoms with Crippen LogP contribution in [0.2, 0.25) is 0 Å². The van der Waals surface area contributed by atoms with Gasteiger partial charge in [0.05, 0.1) is 12.6 Å². The van der Waals surface area contributed by atoms with Gasteiger partial charge in [0.15, 0.2) is 11.3 Å². The smallest absolute Gasteiger partial charge is 0.312 e. The summed E-state index contributed by atoms with van der Waals surface area (Å²) in [7, 11) is 0. The summed E-state index contributed by atoms with van der Waals surface area (Å²) in [4.78, 5) is 32.1. The van der Waals surface area contributed by atoms with E-state index < -0.39 is 17.6 Å². The number of hydrogen-bond acceptors (Lipinski definition) is 5. The van der Waals surface area contributed by atoms with Crippen LogP contribution >= 0.6 is 0 Å². The first kappa shape index (κ1) is 21.3. The normalized spacial score (nSPS) is 25.8. The van der Waals surface area contributed by atoms with Crippen LogP contribution in [0.15, 0.2) is 36.4 Å². The largest absolute Gasteiger partial charge is 0.466 e. The Hall–Kier alpha value is -3.29. The first-order valence-electron chi connectivity index (χ1n) is 12.1. The van der Waals surface area contributed by atoms with E-state index >= 15 is 4.39 Å². The highest BCUT2D eigenvalue weighted by molar-refractivity contribution is 5.93. The van der Waals surface area contributed by atoms with Crippen LogP contribution in [-0.2, 0) is 21.6 Å². The van der Waals surface area contributed by atoms with Crippen LogP contribution in [-0.4, -0.2) is 44.5 Å². The molecule has 3 aliphatic rings. The van der Waals surface area contributed by atoms with E-state index in [1.165, 1.54) is 5.56 Å². The van der Waals surface area contributed by atoms with Gasteiger partial charge in [0.1, 0.15) is 17.3 Å². The second kappa shape index (κ2) is 7.61. The Balaban J connectivity index is 1.35. The molecule has 0 saturated heterocycles. The van der Waals surface area contributed by atoms with Crippen LogP contribution in [0.3, 0.4) is 0 Å². The van der Waals surface area contributed by atoms with E-state index in [4.69, 9.17) is 4.74 Å². The predicted octanol–water partition coefficient (Wildman–Crippen LogP) is 4.11. The minimum atomic E-state index is -1.84. The molecule has 176 valence electrons. The first-order chi connectivity index (χ1) is 16.4.